The molecule has 138 valence electrons. The van der Waals surface area contributed by atoms with Crippen molar-refractivity contribution in [3.05, 3.63) is 12.3 Å². The van der Waals surface area contributed by atoms with Gasteiger partial charge in [0.25, 0.3) is 0 Å². The number of piperazine rings is 1. The zero-order chi connectivity index (χ0) is 17.4. The van der Waals surface area contributed by atoms with E-state index in [-0.39, 0.29) is 6.10 Å². The highest BCUT2D eigenvalue weighted by molar-refractivity contribution is 5.45. The van der Waals surface area contributed by atoms with Gasteiger partial charge in [0, 0.05) is 57.5 Å². The molecule has 0 bridgehead atoms. The average molecular weight is 346 g/mol. The monoisotopic (exact) mass is 346 g/mol. The van der Waals surface area contributed by atoms with Crippen LogP contribution in [-0.2, 0) is 0 Å². The molecular weight excluding hydrogens is 316 g/mol. The highest BCUT2D eigenvalue weighted by Gasteiger charge is 2.41. The van der Waals surface area contributed by atoms with Crippen LogP contribution in [0.1, 0.15) is 19.3 Å². The molecule has 0 unspecified atom stereocenters. The maximum Gasteiger partial charge on any atom is 0.227 e. The van der Waals surface area contributed by atoms with Crippen LogP contribution in [0.3, 0.4) is 0 Å². The van der Waals surface area contributed by atoms with Gasteiger partial charge in [-0.3, -0.25) is 4.90 Å². The summed E-state index contributed by atoms with van der Waals surface area (Å²) in [7, 11) is 4.51. The van der Waals surface area contributed by atoms with Crippen molar-refractivity contribution in [1.29, 1.82) is 0 Å². The van der Waals surface area contributed by atoms with Crippen molar-refractivity contribution in [3.8, 4) is 0 Å². The first-order valence-corrected chi connectivity index (χ1v) is 9.47. The minimum Gasteiger partial charge on any atom is -0.391 e. The minimum atomic E-state index is -0.230. The predicted molar refractivity (Wildman–Crippen MR) is 99.2 cm³/mol. The number of rotatable bonds is 2. The SMILES string of the molecule is CN1CCN(C)C2(CCN(c3nccc(N4CC[C@@H](O)C4)n3)CC2)C1. The number of β-amino-alcohol motifs (C(OH)–C–C–N with tert-alkyl or cyclic N) is 1. The third-order valence-electron chi connectivity index (χ3n) is 6.28. The van der Waals surface area contributed by atoms with Crippen LogP contribution >= 0.6 is 0 Å². The van der Waals surface area contributed by atoms with Crippen molar-refractivity contribution in [2.24, 2.45) is 0 Å². The number of likely N-dealkylation sites (N-methyl/N-ethyl adjacent to an activating group) is 2. The van der Waals surface area contributed by atoms with E-state index in [1.165, 1.54) is 0 Å². The standard InChI is InChI=1S/C18H30N6O/c1-21-11-12-22(2)18(14-21)5-9-23(10-6-18)17-19-7-3-16(20-17)24-8-4-15(25)13-24/h3,7,15,25H,4-6,8-14H2,1-2H3/t15-/m1/s1. The lowest BCUT2D eigenvalue weighted by atomic mass is 9.84. The molecular formula is C18H30N6O. The van der Waals surface area contributed by atoms with Gasteiger partial charge in [0.2, 0.25) is 5.95 Å². The summed E-state index contributed by atoms with van der Waals surface area (Å²) in [5.41, 5.74) is 0.306. The summed E-state index contributed by atoms with van der Waals surface area (Å²) in [6, 6.07) is 1.96. The average Bonchev–Trinajstić information content (AvgIpc) is 3.06. The molecule has 1 aromatic rings. The lowest BCUT2D eigenvalue weighted by molar-refractivity contribution is 0.00928. The Morgan fingerprint density at radius 3 is 2.60 bits per heavy atom. The van der Waals surface area contributed by atoms with Gasteiger partial charge in [-0.15, -0.1) is 0 Å². The molecule has 1 aromatic heterocycles. The van der Waals surface area contributed by atoms with E-state index in [9.17, 15) is 5.11 Å². The van der Waals surface area contributed by atoms with Gasteiger partial charge < -0.3 is 19.8 Å². The van der Waals surface area contributed by atoms with Gasteiger partial charge in [0.05, 0.1) is 6.10 Å². The Labute approximate surface area is 150 Å². The number of aromatic nitrogens is 2. The second kappa shape index (κ2) is 6.70. The van der Waals surface area contributed by atoms with E-state index in [4.69, 9.17) is 4.98 Å². The Morgan fingerprint density at radius 2 is 1.88 bits per heavy atom. The van der Waals surface area contributed by atoms with E-state index in [1.807, 2.05) is 12.3 Å². The van der Waals surface area contributed by atoms with Gasteiger partial charge in [-0.2, -0.15) is 4.98 Å². The zero-order valence-electron chi connectivity index (χ0n) is 15.4. The molecule has 1 spiro atoms. The van der Waals surface area contributed by atoms with Crippen molar-refractivity contribution in [1.82, 2.24) is 19.8 Å². The first-order chi connectivity index (χ1) is 12.1. The van der Waals surface area contributed by atoms with Crippen LogP contribution in [0.4, 0.5) is 11.8 Å². The smallest absolute Gasteiger partial charge is 0.227 e. The largest absolute Gasteiger partial charge is 0.391 e. The molecule has 0 amide bonds. The summed E-state index contributed by atoms with van der Waals surface area (Å²) in [6.07, 6.45) is 4.76. The molecule has 4 rings (SSSR count). The Morgan fingerprint density at radius 1 is 1.08 bits per heavy atom. The fourth-order valence-corrected chi connectivity index (χ4v) is 4.54. The van der Waals surface area contributed by atoms with Crippen LogP contribution < -0.4 is 9.80 Å². The third-order valence-corrected chi connectivity index (χ3v) is 6.28. The molecule has 7 nitrogen and oxygen atoms in total. The van der Waals surface area contributed by atoms with Gasteiger partial charge in [-0.1, -0.05) is 0 Å². The minimum absolute atomic E-state index is 0.230. The van der Waals surface area contributed by atoms with E-state index in [0.717, 1.165) is 70.3 Å². The Bertz CT molecular complexity index is 603. The summed E-state index contributed by atoms with van der Waals surface area (Å²) in [4.78, 5) is 18.8. The molecule has 0 radical (unpaired) electrons. The van der Waals surface area contributed by atoms with E-state index in [2.05, 4.69) is 38.7 Å². The van der Waals surface area contributed by atoms with Crippen LogP contribution in [0, 0.1) is 0 Å². The zero-order valence-corrected chi connectivity index (χ0v) is 15.4. The van der Waals surface area contributed by atoms with Gasteiger partial charge in [0.1, 0.15) is 5.82 Å². The van der Waals surface area contributed by atoms with Crippen LogP contribution in [-0.4, -0.2) is 96.4 Å². The molecule has 0 saturated carbocycles. The highest BCUT2D eigenvalue weighted by Crippen LogP contribution is 2.32. The molecule has 1 N–H and O–H groups in total. The maximum absolute atomic E-state index is 9.76. The molecule has 4 heterocycles. The Kier molecular flexibility index (Phi) is 4.56. The first kappa shape index (κ1) is 17.0. The second-order valence-corrected chi connectivity index (χ2v) is 7.97. The molecule has 3 aliphatic heterocycles. The van der Waals surface area contributed by atoms with Crippen LogP contribution in [0.2, 0.25) is 0 Å². The molecule has 1 atom stereocenters. The van der Waals surface area contributed by atoms with Gasteiger partial charge >= 0.3 is 0 Å². The predicted octanol–water partition coefficient (Wildman–Crippen LogP) is 0.264. The molecule has 0 aromatic carbocycles. The van der Waals surface area contributed by atoms with E-state index >= 15 is 0 Å². The summed E-state index contributed by atoms with van der Waals surface area (Å²) in [6.45, 7) is 7.03. The van der Waals surface area contributed by atoms with Crippen molar-refractivity contribution < 1.29 is 5.11 Å². The molecule has 3 fully saturated rings. The Hall–Kier alpha value is -1.44. The van der Waals surface area contributed by atoms with Crippen molar-refractivity contribution in [2.75, 3.05) is 69.7 Å². The van der Waals surface area contributed by atoms with Gasteiger partial charge in [0.15, 0.2) is 0 Å². The number of hydrogen-bond acceptors (Lipinski definition) is 7. The summed E-state index contributed by atoms with van der Waals surface area (Å²) < 4.78 is 0. The summed E-state index contributed by atoms with van der Waals surface area (Å²) >= 11 is 0. The second-order valence-electron chi connectivity index (χ2n) is 7.97. The van der Waals surface area contributed by atoms with Crippen LogP contribution in [0.15, 0.2) is 12.3 Å². The third kappa shape index (κ3) is 3.32. The van der Waals surface area contributed by atoms with Crippen molar-refractivity contribution in [3.63, 3.8) is 0 Å². The first-order valence-electron chi connectivity index (χ1n) is 9.47. The molecule has 3 aliphatic rings. The van der Waals surface area contributed by atoms with Gasteiger partial charge in [-0.05, 0) is 39.4 Å². The van der Waals surface area contributed by atoms with Gasteiger partial charge in [-0.25, -0.2) is 4.98 Å². The molecule has 0 aliphatic carbocycles. The van der Waals surface area contributed by atoms with E-state index < -0.39 is 0 Å². The number of aliphatic hydroxyl groups is 1. The van der Waals surface area contributed by atoms with Crippen molar-refractivity contribution in [2.45, 2.75) is 30.9 Å². The topological polar surface area (TPSA) is 59.0 Å². The van der Waals surface area contributed by atoms with E-state index in [1.54, 1.807) is 0 Å². The fraction of sp³-hybridized carbons (Fsp3) is 0.778. The maximum atomic E-state index is 9.76. The lowest BCUT2D eigenvalue weighted by Gasteiger charge is -2.52. The fourth-order valence-electron chi connectivity index (χ4n) is 4.54. The quantitative estimate of drug-likeness (QED) is 0.824. The number of aliphatic hydroxyl groups excluding tert-OH is 1. The number of anilines is 2. The molecule has 3 saturated heterocycles. The van der Waals surface area contributed by atoms with Crippen LogP contribution in [0.5, 0.6) is 0 Å². The highest BCUT2D eigenvalue weighted by atomic mass is 16.3. The lowest BCUT2D eigenvalue weighted by Crippen LogP contribution is -2.63. The van der Waals surface area contributed by atoms with E-state index in [0.29, 0.717) is 12.1 Å². The summed E-state index contributed by atoms with van der Waals surface area (Å²) in [5.74, 6) is 1.77. The van der Waals surface area contributed by atoms with Crippen LogP contribution in [0.25, 0.3) is 0 Å². The number of piperidine rings is 1. The molecule has 25 heavy (non-hydrogen) atoms. The number of hydrogen-bond donors (Lipinski definition) is 1. The normalized spacial score (nSPS) is 28.0. The van der Waals surface area contributed by atoms with Crippen molar-refractivity contribution >= 4 is 11.8 Å². The summed E-state index contributed by atoms with van der Waals surface area (Å²) in [5, 5.41) is 9.76. The Balaban J connectivity index is 1.44. The molecule has 7 heteroatoms. The number of nitrogens with zero attached hydrogens (tertiary/aromatic N) is 6.